The van der Waals surface area contributed by atoms with E-state index in [0.29, 0.717) is 5.56 Å². The summed E-state index contributed by atoms with van der Waals surface area (Å²) in [6.07, 6.45) is -5.57. The largest absolute Gasteiger partial charge is 0.439 e. The molecule has 1 aromatic carbocycles. The second-order valence-electron chi connectivity index (χ2n) is 5.17. The maximum atomic E-state index is 12.7. The molecule has 0 unspecified atom stereocenters. The predicted octanol–water partition coefficient (Wildman–Crippen LogP) is 4.00. The minimum absolute atomic E-state index is 0.0618. The van der Waals surface area contributed by atoms with Gasteiger partial charge in [-0.1, -0.05) is 12.1 Å². The quantitative estimate of drug-likeness (QED) is 0.823. The number of amides is 1. The molecule has 1 aliphatic heterocycles. The van der Waals surface area contributed by atoms with Gasteiger partial charge in [-0.25, -0.2) is 4.79 Å². The van der Waals surface area contributed by atoms with Crippen LogP contribution < -0.4 is 0 Å². The Morgan fingerprint density at radius 3 is 2.45 bits per heavy atom. The van der Waals surface area contributed by atoms with E-state index in [1.165, 1.54) is 11.0 Å². The fourth-order valence-corrected chi connectivity index (χ4v) is 2.50. The van der Waals surface area contributed by atoms with Gasteiger partial charge in [-0.05, 0) is 38.5 Å². The Kier molecular flexibility index (Phi) is 3.67. The molecule has 1 aliphatic rings. The number of carbonyl (C=O) groups excluding carboxylic acids is 1. The van der Waals surface area contributed by atoms with Gasteiger partial charge in [0.2, 0.25) is 0 Å². The zero-order valence-electron chi connectivity index (χ0n) is 11.4. The minimum Gasteiger partial charge on any atom is -0.439 e. The van der Waals surface area contributed by atoms with Gasteiger partial charge in [-0.15, -0.1) is 0 Å². The van der Waals surface area contributed by atoms with Gasteiger partial charge >= 0.3 is 12.3 Å². The highest BCUT2D eigenvalue weighted by atomic mass is 19.4. The number of alkyl halides is 3. The van der Waals surface area contributed by atoms with Crippen LogP contribution in [0.15, 0.2) is 24.3 Å². The molecule has 1 saturated heterocycles. The maximum absolute atomic E-state index is 12.7. The Balaban J connectivity index is 2.32. The molecule has 3 nitrogen and oxygen atoms in total. The molecule has 0 bridgehead atoms. The lowest BCUT2D eigenvalue weighted by Gasteiger charge is -2.24. The average Bonchev–Trinajstić information content (AvgIpc) is 2.64. The summed E-state index contributed by atoms with van der Waals surface area (Å²) < 4.78 is 43.4. The Hall–Kier alpha value is -1.72. The summed E-state index contributed by atoms with van der Waals surface area (Å²) in [6, 6.07) is 4.56. The van der Waals surface area contributed by atoms with Crippen LogP contribution in [0.1, 0.15) is 38.0 Å². The summed E-state index contributed by atoms with van der Waals surface area (Å²) >= 11 is 0. The molecular formula is C14H16F3NO2. The zero-order valence-corrected chi connectivity index (χ0v) is 11.4. The van der Waals surface area contributed by atoms with Crippen LogP contribution in [0.3, 0.4) is 0 Å². The summed E-state index contributed by atoms with van der Waals surface area (Å²) in [6.45, 7) is 5.45. The van der Waals surface area contributed by atoms with Crippen molar-refractivity contribution in [2.75, 3.05) is 0 Å². The molecule has 6 heteroatoms. The normalized spacial score (nSPS) is 23.4. The average molecular weight is 287 g/mol. The first-order valence-corrected chi connectivity index (χ1v) is 6.38. The first kappa shape index (κ1) is 14.7. The van der Waals surface area contributed by atoms with E-state index >= 15 is 0 Å². The number of cyclic esters (lactones) is 1. The van der Waals surface area contributed by atoms with Gasteiger partial charge in [0.05, 0.1) is 11.6 Å². The molecule has 0 radical (unpaired) electrons. The molecule has 20 heavy (non-hydrogen) atoms. The molecule has 0 aliphatic carbocycles. The van der Waals surface area contributed by atoms with E-state index < -0.39 is 23.9 Å². The van der Waals surface area contributed by atoms with Crippen LogP contribution in [-0.4, -0.2) is 23.1 Å². The van der Waals surface area contributed by atoms with E-state index in [9.17, 15) is 18.0 Å². The molecule has 0 spiro atoms. The highest BCUT2D eigenvalue weighted by Crippen LogP contribution is 2.36. The van der Waals surface area contributed by atoms with E-state index in [1.54, 1.807) is 13.0 Å². The number of rotatable bonds is 2. The highest BCUT2D eigenvalue weighted by molar-refractivity contribution is 5.71. The van der Waals surface area contributed by atoms with Crippen molar-refractivity contribution in [3.63, 3.8) is 0 Å². The smallest absolute Gasteiger partial charge is 0.416 e. The summed E-state index contributed by atoms with van der Waals surface area (Å²) in [7, 11) is 0. The lowest BCUT2D eigenvalue weighted by atomic mass is 10.0. The van der Waals surface area contributed by atoms with Gasteiger partial charge in [0.1, 0.15) is 6.10 Å². The van der Waals surface area contributed by atoms with Crippen LogP contribution in [0.2, 0.25) is 0 Å². The maximum Gasteiger partial charge on any atom is 0.416 e. The molecule has 2 atom stereocenters. The van der Waals surface area contributed by atoms with Crippen LogP contribution in [-0.2, 0) is 10.9 Å². The van der Waals surface area contributed by atoms with Crippen LogP contribution in [0, 0.1) is 0 Å². The number of ether oxygens (including phenoxy) is 1. The fraction of sp³-hybridized carbons (Fsp3) is 0.500. The van der Waals surface area contributed by atoms with Gasteiger partial charge in [0.15, 0.2) is 0 Å². The molecule has 110 valence electrons. The second-order valence-corrected chi connectivity index (χ2v) is 5.17. The van der Waals surface area contributed by atoms with Crippen molar-refractivity contribution < 1.29 is 22.7 Å². The fourth-order valence-electron chi connectivity index (χ4n) is 2.50. The van der Waals surface area contributed by atoms with Crippen molar-refractivity contribution in [1.29, 1.82) is 0 Å². The third kappa shape index (κ3) is 2.59. The Morgan fingerprint density at radius 2 is 1.95 bits per heavy atom. The summed E-state index contributed by atoms with van der Waals surface area (Å²) in [5.74, 6) is 0. The standard InChI is InChI=1S/C14H16F3NO2/c1-8(2)18-9(3)12(20-13(18)19)10-5-4-6-11(7-10)14(15,16)17/h4-9,12H,1-3H3/t9-,12-/m0/s1. The van der Waals surface area contributed by atoms with Crippen LogP contribution in [0.5, 0.6) is 0 Å². The molecule has 1 fully saturated rings. The van der Waals surface area contributed by atoms with Crippen molar-refractivity contribution in [3.05, 3.63) is 35.4 Å². The topological polar surface area (TPSA) is 29.5 Å². The number of hydrogen-bond acceptors (Lipinski definition) is 2. The third-order valence-electron chi connectivity index (χ3n) is 3.41. The van der Waals surface area contributed by atoms with Gasteiger partial charge in [0, 0.05) is 6.04 Å². The van der Waals surface area contributed by atoms with Crippen LogP contribution in [0.4, 0.5) is 18.0 Å². The van der Waals surface area contributed by atoms with Gasteiger partial charge in [0.25, 0.3) is 0 Å². The van der Waals surface area contributed by atoms with Crippen molar-refractivity contribution >= 4 is 6.09 Å². The highest BCUT2D eigenvalue weighted by Gasteiger charge is 2.41. The number of hydrogen-bond donors (Lipinski definition) is 0. The van der Waals surface area contributed by atoms with E-state index in [1.807, 2.05) is 13.8 Å². The Bertz CT molecular complexity index is 513. The first-order valence-electron chi connectivity index (χ1n) is 6.38. The molecule has 1 amide bonds. The van der Waals surface area contributed by atoms with Crippen molar-refractivity contribution in [2.45, 2.75) is 45.1 Å². The molecule has 2 rings (SSSR count). The lowest BCUT2D eigenvalue weighted by molar-refractivity contribution is -0.137. The van der Waals surface area contributed by atoms with E-state index in [0.717, 1.165) is 12.1 Å². The van der Waals surface area contributed by atoms with Crippen molar-refractivity contribution in [3.8, 4) is 0 Å². The number of nitrogens with zero attached hydrogens (tertiary/aromatic N) is 1. The van der Waals surface area contributed by atoms with Crippen molar-refractivity contribution in [1.82, 2.24) is 4.90 Å². The van der Waals surface area contributed by atoms with E-state index in [4.69, 9.17) is 4.74 Å². The predicted molar refractivity (Wildman–Crippen MR) is 67.1 cm³/mol. The van der Waals surface area contributed by atoms with Crippen LogP contribution >= 0.6 is 0 Å². The first-order chi connectivity index (χ1) is 9.21. The SMILES string of the molecule is CC(C)N1C(=O)O[C@H](c2cccc(C(F)(F)F)c2)[C@@H]1C. The molecule has 0 N–H and O–H groups in total. The molecule has 0 saturated carbocycles. The zero-order chi connectivity index (χ0) is 15.1. The monoisotopic (exact) mass is 287 g/mol. The van der Waals surface area contributed by atoms with Crippen LogP contribution in [0.25, 0.3) is 0 Å². The second kappa shape index (κ2) is 5.00. The van der Waals surface area contributed by atoms with Gasteiger partial charge < -0.3 is 4.74 Å². The summed E-state index contributed by atoms with van der Waals surface area (Å²) in [4.78, 5) is 13.3. The molecule has 1 heterocycles. The Labute approximate surface area is 115 Å². The van der Waals surface area contributed by atoms with Gasteiger partial charge in [-0.3, -0.25) is 4.90 Å². The molecular weight excluding hydrogens is 271 g/mol. The summed E-state index contributed by atoms with van der Waals surface area (Å²) in [5, 5.41) is 0. The van der Waals surface area contributed by atoms with Gasteiger partial charge in [-0.2, -0.15) is 13.2 Å². The molecule has 0 aromatic heterocycles. The number of benzene rings is 1. The van der Waals surface area contributed by atoms with E-state index in [2.05, 4.69) is 0 Å². The van der Waals surface area contributed by atoms with E-state index in [-0.39, 0.29) is 12.1 Å². The number of halogens is 3. The number of carbonyl (C=O) groups is 1. The lowest BCUT2D eigenvalue weighted by Crippen LogP contribution is -2.37. The summed E-state index contributed by atoms with van der Waals surface area (Å²) in [5.41, 5.74) is -0.370. The van der Waals surface area contributed by atoms with Crippen molar-refractivity contribution in [2.24, 2.45) is 0 Å². The third-order valence-corrected chi connectivity index (χ3v) is 3.41. The Morgan fingerprint density at radius 1 is 1.30 bits per heavy atom. The molecule has 1 aromatic rings. The minimum atomic E-state index is -4.40.